The quantitative estimate of drug-likeness (QED) is 0.856. The maximum atomic E-state index is 11.6. The van der Waals surface area contributed by atoms with E-state index in [4.69, 9.17) is 5.73 Å². The summed E-state index contributed by atoms with van der Waals surface area (Å²) in [5.74, 6) is 0.167. The first-order valence-electron chi connectivity index (χ1n) is 6.30. The van der Waals surface area contributed by atoms with Gasteiger partial charge in [-0.3, -0.25) is 4.79 Å². The number of hydrogen-bond acceptors (Lipinski definition) is 3. The summed E-state index contributed by atoms with van der Waals surface area (Å²) in [6.07, 6.45) is 0.485. The van der Waals surface area contributed by atoms with Crippen LogP contribution < -0.4 is 5.73 Å². The van der Waals surface area contributed by atoms with Crippen LogP contribution in [0.5, 0.6) is 0 Å². The third kappa shape index (κ3) is 3.31. The first-order valence-corrected chi connectivity index (χ1v) is 6.30. The number of likely N-dealkylation sites (tertiary alicyclic amines) is 1. The van der Waals surface area contributed by atoms with Crippen LogP contribution in [0.1, 0.15) is 17.5 Å². The highest BCUT2D eigenvalue weighted by molar-refractivity contribution is 5.79. The number of carbonyl (C=O) groups excluding carboxylic acids is 1. The minimum atomic E-state index is 0.00511. The molecule has 1 aliphatic rings. The molecule has 1 atom stereocenters. The summed E-state index contributed by atoms with van der Waals surface area (Å²) in [6.45, 7) is 2.29. The van der Waals surface area contributed by atoms with Crippen molar-refractivity contribution in [1.82, 2.24) is 9.80 Å². The van der Waals surface area contributed by atoms with E-state index < -0.39 is 0 Å². The Labute approximate surface area is 108 Å². The van der Waals surface area contributed by atoms with Gasteiger partial charge in [-0.1, -0.05) is 24.3 Å². The summed E-state index contributed by atoms with van der Waals surface area (Å²) in [5.41, 5.74) is 8.23. The normalized spacial score (nSPS) is 19.9. The summed E-state index contributed by atoms with van der Waals surface area (Å²) < 4.78 is 0. The molecule has 1 aromatic carbocycles. The van der Waals surface area contributed by atoms with Crippen molar-refractivity contribution < 1.29 is 4.79 Å². The van der Waals surface area contributed by atoms with E-state index in [-0.39, 0.29) is 11.9 Å². The van der Waals surface area contributed by atoms with Crippen molar-refractivity contribution in [2.45, 2.75) is 25.6 Å². The molecular formula is C14H21N3O. The number of amides is 1. The van der Waals surface area contributed by atoms with Crippen LogP contribution in [0.3, 0.4) is 0 Å². The van der Waals surface area contributed by atoms with Gasteiger partial charge in [0.1, 0.15) is 0 Å². The van der Waals surface area contributed by atoms with E-state index in [0.29, 0.717) is 19.5 Å². The van der Waals surface area contributed by atoms with E-state index in [1.54, 1.807) is 0 Å². The van der Waals surface area contributed by atoms with Gasteiger partial charge in [0.15, 0.2) is 0 Å². The fourth-order valence-corrected chi connectivity index (χ4v) is 2.29. The second-order valence-electron chi connectivity index (χ2n) is 5.29. The molecule has 1 amide bonds. The van der Waals surface area contributed by atoms with Crippen LogP contribution in [-0.2, 0) is 17.9 Å². The van der Waals surface area contributed by atoms with E-state index in [0.717, 1.165) is 6.54 Å². The largest absolute Gasteiger partial charge is 0.337 e. The number of carbonyl (C=O) groups is 1. The molecule has 1 aromatic rings. The molecule has 1 fully saturated rings. The van der Waals surface area contributed by atoms with Crippen LogP contribution in [0.4, 0.5) is 0 Å². The molecule has 0 radical (unpaired) electrons. The molecule has 0 aromatic heterocycles. The number of benzene rings is 1. The highest BCUT2D eigenvalue weighted by atomic mass is 16.2. The van der Waals surface area contributed by atoms with Gasteiger partial charge in [-0.25, -0.2) is 0 Å². The Hall–Kier alpha value is -1.39. The van der Waals surface area contributed by atoms with E-state index >= 15 is 0 Å². The number of nitrogens with two attached hydrogens (primary N) is 1. The van der Waals surface area contributed by atoms with Crippen molar-refractivity contribution in [1.29, 1.82) is 0 Å². The molecule has 4 heteroatoms. The Kier molecular flexibility index (Phi) is 3.99. The standard InChI is InChI=1S/C14H21N3O/c1-16(2)8-11-3-5-12(6-4-11)9-17-10-13(15)7-14(17)18/h3-6,13H,7-10,15H2,1-2H3. The minimum Gasteiger partial charge on any atom is -0.337 e. The molecular weight excluding hydrogens is 226 g/mol. The smallest absolute Gasteiger partial charge is 0.224 e. The van der Waals surface area contributed by atoms with E-state index in [2.05, 4.69) is 43.3 Å². The highest BCUT2D eigenvalue weighted by Gasteiger charge is 2.26. The van der Waals surface area contributed by atoms with Crippen molar-refractivity contribution >= 4 is 5.91 Å². The van der Waals surface area contributed by atoms with Crippen molar-refractivity contribution in [3.63, 3.8) is 0 Å². The van der Waals surface area contributed by atoms with Gasteiger partial charge in [-0.2, -0.15) is 0 Å². The molecule has 4 nitrogen and oxygen atoms in total. The fraction of sp³-hybridized carbons (Fsp3) is 0.500. The summed E-state index contributed by atoms with van der Waals surface area (Å²) >= 11 is 0. The summed E-state index contributed by atoms with van der Waals surface area (Å²) in [6, 6.07) is 8.43. The van der Waals surface area contributed by atoms with Crippen LogP contribution in [0.15, 0.2) is 24.3 Å². The second kappa shape index (κ2) is 5.50. The Morgan fingerprint density at radius 2 is 1.89 bits per heavy atom. The van der Waals surface area contributed by atoms with Gasteiger partial charge in [0.2, 0.25) is 5.91 Å². The summed E-state index contributed by atoms with van der Waals surface area (Å²) in [5, 5.41) is 0. The topological polar surface area (TPSA) is 49.6 Å². The lowest BCUT2D eigenvalue weighted by Crippen LogP contribution is -2.27. The average Bonchev–Trinajstić information content (AvgIpc) is 2.59. The van der Waals surface area contributed by atoms with E-state index in [1.807, 2.05) is 4.90 Å². The van der Waals surface area contributed by atoms with Crippen molar-refractivity contribution in [3.05, 3.63) is 35.4 Å². The number of nitrogens with zero attached hydrogens (tertiary/aromatic N) is 2. The molecule has 0 aliphatic carbocycles. The van der Waals surface area contributed by atoms with E-state index in [1.165, 1.54) is 11.1 Å². The third-order valence-electron chi connectivity index (χ3n) is 3.14. The van der Waals surface area contributed by atoms with Crippen LogP contribution in [0, 0.1) is 0 Å². The van der Waals surface area contributed by atoms with Crippen LogP contribution in [-0.4, -0.2) is 42.4 Å². The van der Waals surface area contributed by atoms with Gasteiger partial charge in [0.25, 0.3) is 0 Å². The molecule has 1 saturated heterocycles. The van der Waals surface area contributed by atoms with E-state index in [9.17, 15) is 4.79 Å². The molecule has 1 heterocycles. The Morgan fingerprint density at radius 1 is 1.28 bits per heavy atom. The Morgan fingerprint density at radius 3 is 2.39 bits per heavy atom. The van der Waals surface area contributed by atoms with Crippen LogP contribution in [0.2, 0.25) is 0 Å². The Bertz CT molecular complexity index is 414. The van der Waals surface area contributed by atoms with Gasteiger partial charge in [-0.05, 0) is 25.2 Å². The molecule has 0 spiro atoms. The monoisotopic (exact) mass is 247 g/mol. The lowest BCUT2D eigenvalue weighted by atomic mass is 10.1. The highest BCUT2D eigenvalue weighted by Crippen LogP contribution is 2.14. The predicted molar refractivity (Wildman–Crippen MR) is 71.8 cm³/mol. The Balaban J connectivity index is 1.96. The first-order chi connectivity index (χ1) is 8.54. The maximum absolute atomic E-state index is 11.6. The summed E-state index contributed by atoms with van der Waals surface area (Å²) in [4.78, 5) is 15.6. The predicted octanol–water partition coefficient (Wildman–Crippen LogP) is 0.808. The summed E-state index contributed by atoms with van der Waals surface area (Å²) in [7, 11) is 4.11. The van der Waals surface area contributed by atoms with Gasteiger partial charge >= 0.3 is 0 Å². The van der Waals surface area contributed by atoms with Gasteiger partial charge in [-0.15, -0.1) is 0 Å². The lowest BCUT2D eigenvalue weighted by Gasteiger charge is -2.16. The number of rotatable bonds is 4. The lowest BCUT2D eigenvalue weighted by molar-refractivity contribution is -0.128. The van der Waals surface area contributed by atoms with Gasteiger partial charge < -0.3 is 15.5 Å². The SMILES string of the molecule is CN(C)Cc1ccc(CN2CC(N)CC2=O)cc1. The average molecular weight is 247 g/mol. The van der Waals surface area contributed by atoms with Gasteiger partial charge in [0.05, 0.1) is 0 Å². The zero-order valence-corrected chi connectivity index (χ0v) is 11.1. The van der Waals surface area contributed by atoms with Crippen LogP contribution >= 0.6 is 0 Å². The third-order valence-corrected chi connectivity index (χ3v) is 3.14. The zero-order valence-electron chi connectivity index (χ0n) is 11.1. The van der Waals surface area contributed by atoms with Crippen molar-refractivity contribution in [2.75, 3.05) is 20.6 Å². The molecule has 18 heavy (non-hydrogen) atoms. The molecule has 2 N–H and O–H groups in total. The number of hydrogen-bond donors (Lipinski definition) is 1. The van der Waals surface area contributed by atoms with Gasteiger partial charge in [0, 0.05) is 32.1 Å². The molecule has 98 valence electrons. The molecule has 0 saturated carbocycles. The minimum absolute atomic E-state index is 0.00511. The molecule has 2 rings (SSSR count). The molecule has 0 bridgehead atoms. The maximum Gasteiger partial charge on any atom is 0.224 e. The first kappa shape index (κ1) is 13.1. The molecule has 1 unspecified atom stereocenters. The fourth-order valence-electron chi connectivity index (χ4n) is 2.29. The molecule has 1 aliphatic heterocycles. The zero-order chi connectivity index (χ0) is 13.1. The second-order valence-corrected chi connectivity index (χ2v) is 5.29. The van der Waals surface area contributed by atoms with Crippen molar-refractivity contribution in [3.8, 4) is 0 Å². The van der Waals surface area contributed by atoms with Crippen molar-refractivity contribution in [2.24, 2.45) is 5.73 Å². The van der Waals surface area contributed by atoms with Crippen LogP contribution in [0.25, 0.3) is 0 Å².